The van der Waals surface area contributed by atoms with E-state index in [2.05, 4.69) is 22.2 Å². The quantitative estimate of drug-likeness (QED) is 0.859. The molecule has 0 saturated carbocycles. The summed E-state index contributed by atoms with van der Waals surface area (Å²) in [5.41, 5.74) is 1.20. The lowest BCUT2D eigenvalue weighted by molar-refractivity contribution is 0.601. The van der Waals surface area contributed by atoms with E-state index in [0.717, 1.165) is 25.1 Å². The minimum absolute atomic E-state index is 0.134. The Hall–Kier alpha value is -1.76. The van der Waals surface area contributed by atoms with Gasteiger partial charge in [-0.2, -0.15) is 10.2 Å². The summed E-state index contributed by atoms with van der Waals surface area (Å²) in [6, 6.07) is 1.77. The van der Waals surface area contributed by atoms with Crippen LogP contribution < -0.4 is 5.56 Å². The van der Waals surface area contributed by atoms with E-state index in [4.69, 9.17) is 12.2 Å². The second-order valence-corrected chi connectivity index (χ2v) is 5.06. The molecule has 1 N–H and O–H groups in total. The highest BCUT2D eigenvalue weighted by Gasteiger charge is 2.14. The number of nitrogens with one attached hydrogen (secondary N) is 1. The normalized spacial score (nSPS) is 10.9. The molecule has 0 aliphatic carbocycles. The number of aromatic amines is 1. The van der Waals surface area contributed by atoms with Gasteiger partial charge in [0.05, 0.1) is 11.3 Å². The molecule has 2 aromatic heterocycles. The molecule has 0 radical (unpaired) electrons. The molecule has 0 fully saturated rings. The molecule has 20 heavy (non-hydrogen) atoms. The van der Waals surface area contributed by atoms with Crippen LogP contribution in [0.5, 0.6) is 0 Å². The standard InChI is InChI=1S/C13H19N5OS/c1-4-6-7-17-11(14-15-13(17)20)10-8-9(3)16-18(5-2)12(10)19/h8H,4-7H2,1-3H3,(H,15,20). The van der Waals surface area contributed by atoms with Gasteiger partial charge in [0.1, 0.15) is 0 Å². The molecule has 0 aromatic carbocycles. The number of rotatable bonds is 5. The summed E-state index contributed by atoms with van der Waals surface area (Å²) in [6.45, 7) is 7.17. The summed E-state index contributed by atoms with van der Waals surface area (Å²) in [4.78, 5) is 12.4. The zero-order valence-corrected chi connectivity index (χ0v) is 12.8. The topological polar surface area (TPSA) is 68.5 Å². The van der Waals surface area contributed by atoms with Crippen LogP contribution in [0.15, 0.2) is 10.9 Å². The van der Waals surface area contributed by atoms with Gasteiger partial charge >= 0.3 is 0 Å². The van der Waals surface area contributed by atoms with Crippen LogP contribution in [0.3, 0.4) is 0 Å². The number of hydrogen-bond acceptors (Lipinski definition) is 4. The minimum atomic E-state index is -0.134. The molecule has 7 heteroatoms. The summed E-state index contributed by atoms with van der Waals surface area (Å²) in [5, 5.41) is 11.2. The van der Waals surface area contributed by atoms with E-state index in [-0.39, 0.29) is 5.56 Å². The van der Waals surface area contributed by atoms with Crippen molar-refractivity contribution in [3.8, 4) is 11.4 Å². The van der Waals surface area contributed by atoms with Crippen molar-refractivity contribution >= 4 is 12.2 Å². The van der Waals surface area contributed by atoms with Gasteiger partial charge in [0.2, 0.25) is 0 Å². The third-order valence-electron chi connectivity index (χ3n) is 3.13. The Morgan fingerprint density at radius 2 is 2.15 bits per heavy atom. The first kappa shape index (κ1) is 14.6. The van der Waals surface area contributed by atoms with E-state index < -0.39 is 0 Å². The fraction of sp³-hybridized carbons (Fsp3) is 0.538. The number of nitrogens with zero attached hydrogens (tertiary/aromatic N) is 4. The molecule has 0 amide bonds. The van der Waals surface area contributed by atoms with Crippen LogP contribution in [0.25, 0.3) is 11.4 Å². The van der Waals surface area contributed by atoms with Crippen LogP contribution in [-0.4, -0.2) is 24.5 Å². The second kappa shape index (κ2) is 6.13. The Morgan fingerprint density at radius 1 is 1.40 bits per heavy atom. The molecular weight excluding hydrogens is 274 g/mol. The first-order chi connectivity index (χ1) is 9.58. The van der Waals surface area contributed by atoms with E-state index in [1.54, 1.807) is 6.07 Å². The molecule has 0 saturated heterocycles. The Morgan fingerprint density at radius 3 is 2.80 bits per heavy atom. The monoisotopic (exact) mass is 293 g/mol. The van der Waals surface area contributed by atoms with Crippen molar-refractivity contribution in [2.75, 3.05) is 0 Å². The van der Waals surface area contributed by atoms with E-state index in [1.807, 2.05) is 18.4 Å². The molecule has 0 bridgehead atoms. The molecule has 0 unspecified atom stereocenters. The van der Waals surface area contributed by atoms with Crippen molar-refractivity contribution in [2.45, 2.75) is 46.7 Å². The Labute approximate surface area is 122 Å². The third kappa shape index (κ3) is 2.72. The van der Waals surface area contributed by atoms with Gasteiger partial charge in [-0.25, -0.2) is 4.68 Å². The van der Waals surface area contributed by atoms with E-state index in [9.17, 15) is 4.79 Å². The fourth-order valence-electron chi connectivity index (χ4n) is 2.10. The Kier molecular flexibility index (Phi) is 4.49. The molecule has 0 aliphatic heterocycles. The van der Waals surface area contributed by atoms with Gasteiger partial charge in [-0.15, -0.1) is 0 Å². The smallest absolute Gasteiger partial charge is 0.277 e. The van der Waals surface area contributed by atoms with Gasteiger partial charge < -0.3 is 4.57 Å². The highest BCUT2D eigenvalue weighted by molar-refractivity contribution is 7.71. The molecule has 2 rings (SSSR count). The average molecular weight is 293 g/mol. The highest BCUT2D eigenvalue weighted by Crippen LogP contribution is 2.14. The first-order valence-corrected chi connectivity index (χ1v) is 7.23. The van der Waals surface area contributed by atoms with Crippen molar-refractivity contribution < 1.29 is 0 Å². The number of unbranched alkanes of at least 4 members (excludes halogenated alkanes) is 1. The zero-order valence-electron chi connectivity index (χ0n) is 12.0. The second-order valence-electron chi connectivity index (χ2n) is 4.68. The number of H-pyrrole nitrogens is 1. The maximum atomic E-state index is 12.4. The molecule has 0 atom stereocenters. The third-order valence-corrected chi connectivity index (χ3v) is 3.44. The van der Waals surface area contributed by atoms with Gasteiger partial charge in [-0.05, 0) is 38.6 Å². The molecule has 2 heterocycles. The Balaban J connectivity index is 2.60. The molecule has 2 aromatic rings. The molecule has 108 valence electrons. The van der Waals surface area contributed by atoms with Crippen molar-refractivity contribution in [1.29, 1.82) is 0 Å². The van der Waals surface area contributed by atoms with Crippen molar-refractivity contribution in [1.82, 2.24) is 24.5 Å². The van der Waals surface area contributed by atoms with E-state index >= 15 is 0 Å². The maximum Gasteiger partial charge on any atom is 0.277 e. The highest BCUT2D eigenvalue weighted by atomic mass is 32.1. The van der Waals surface area contributed by atoms with Crippen LogP contribution in [0.2, 0.25) is 0 Å². The number of aryl methyl sites for hydroxylation is 2. The van der Waals surface area contributed by atoms with Crippen molar-refractivity contribution in [3.63, 3.8) is 0 Å². The van der Waals surface area contributed by atoms with Crippen molar-refractivity contribution in [3.05, 3.63) is 26.9 Å². The Bertz CT molecular complexity index is 712. The molecule has 0 aliphatic rings. The summed E-state index contributed by atoms with van der Waals surface area (Å²) >= 11 is 5.24. The summed E-state index contributed by atoms with van der Waals surface area (Å²) in [6.07, 6.45) is 2.05. The molecular formula is C13H19N5OS. The van der Waals surface area contributed by atoms with E-state index in [1.165, 1.54) is 4.68 Å². The van der Waals surface area contributed by atoms with Crippen LogP contribution in [0.1, 0.15) is 32.4 Å². The largest absolute Gasteiger partial charge is 0.300 e. The van der Waals surface area contributed by atoms with Crippen LogP contribution >= 0.6 is 12.2 Å². The van der Waals surface area contributed by atoms with Crippen LogP contribution in [-0.2, 0) is 13.1 Å². The van der Waals surface area contributed by atoms with Gasteiger partial charge in [0.25, 0.3) is 5.56 Å². The van der Waals surface area contributed by atoms with Gasteiger partial charge in [-0.1, -0.05) is 13.3 Å². The predicted molar refractivity (Wildman–Crippen MR) is 80.2 cm³/mol. The average Bonchev–Trinajstić information content (AvgIpc) is 2.79. The van der Waals surface area contributed by atoms with Crippen LogP contribution in [0.4, 0.5) is 0 Å². The fourth-order valence-corrected chi connectivity index (χ4v) is 2.32. The zero-order chi connectivity index (χ0) is 14.7. The minimum Gasteiger partial charge on any atom is -0.300 e. The molecule has 6 nitrogen and oxygen atoms in total. The number of aromatic nitrogens is 5. The SMILES string of the molecule is CCCCn1c(-c2cc(C)nn(CC)c2=O)n[nH]c1=S. The van der Waals surface area contributed by atoms with Gasteiger partial charge in [0.15, 0.2) is 10.6 Å². The summed E-state index contributed by atoms with van der Waals surface area (Å²) in [5.74, 6) is 0.598. The maximum absolute atomic E-state index is 12.4. The van der Waals surface area contributed by atoms with Crippen molar-refractivity contribution in [2.24, 2.45) is 0 Å². The first-order valence-electron chi connectivity index (χ1n) is 6.82. The van der Waals surface area contributed by atoms with Crippen LogP contribution in [0, 0.1) is 11.7 Å². The summed E-state index contributed by atoms with van der Waals surface area (Å²) in [7, 11) is 0. The van der Waals surface area contributed by atoms with Gasteiger partial charge in [-0.3, -0.25) is 9.89 Å². The van der Waals surface area contributed by atoms with E-state index in [0.29, 0.717) is 22.7 Å². The predicted octanol–water partition coefficient (Wildman–Crippen LogP) is 2.29. The summed E-state index contributed by atoms with van der Waals surface area (Å²) < 4.78 is 3.88. The lowest BCUT2D eigenvalue weighted by atomic mass is 10.2. The lowest BCUT2D eigenvalue weighted by Crippen LogP contribution is -2.25. The lowest BCUT2D eigenvalue weighted by Gasteiger charge is -2.08. The molecule has 0 spiro atoms. The number of hydrogen-bond donors (Lipinski definition) is 1. The van der Waals surface area contributed by atoms with Gasteiger partial charge in [0, 0.05) is 13.1 Å².